The van der Waals surface area contributed by atoms with Crippen molar-refractivity contribution in [3.63, 3.8) is 0 Å². The molecule has 0 aromatic rings. The van der Waals surface area contributed by atoms with Gasteiger partial charge in [-0.25, -0.2) is 13.2 Å². The lowest BCUT2D eigenvalue weighted by atomic mass is 9.96. The van der Waals surface area contributed by atoms with Gasteiger partial charge in [0.2, 0.25) is 0 Å². The fourth-order valence-electron chi connectivity index (χ4n) is 3.50. The van der Waals surface area contributed by atoms with E-state index in [-0.39, 0.29) is 0 Å². The number of nitrogens with one attached hydrogen (secondary N) is 1. The Morgan fingerprint density at radius 3 is 1.95 bits per heavy atom. The molecule has 2 saturated heterocycles. The maximum atomic E-state index is 11.6. The fraction of sp³-hybridized carbons (Fsp3) is 0.923. The Morgan fingerprint density at radius 1 is 0.892 bits per heavy atom. The topological polar surface area (TPSA) is 329 Å². The molecule has 0 amide bonds. The van der Waals surface area contributed by atoms with Gasteiger partial charge in [-0.05, 0) is 0 Å². The maximum Gasteiger partial charge on any atom is 0.397 e. The van der Waals surface area contributed by atoms with Crippen molar-refractivity contribution >= 4 is 37.1 Å². The van der Waals surface area contributed by atoms with Gasteiger partial charge in [0.15, 0.2) is 24.8 Å². The number of carboxylic acids is 1. The Balaban J connectivity index is 2.46. The predicted octanol–water partition coefficient (Wildman–Crippen LogP) is -5.60. The van der Waals surface area contributed by atoms with E-state index < -0.39 is 105 Å². The number of carboxylic acid groups (broad SMARTS) is 1. The summed E-state index contributed by atoms with van der Waals surface area (Å²) in [6.07, 6.45) is -19.8. The SMILES string of the molecule is CO[C@H]1[C@H](O)[C@@H](NS(=O)(=O)O)[C@@H](O[C@H]2[C@H](O)[C@@H](OS(=O)(=O)O)[C@H](O)O[C@H]2C(=O)O)O[C@@H]1COS(=O)(=O)O. The van der Waals surface area contributed by atoms with Crippen molar-refractivity contribution in [2.75, 3.05) is 13.7 Å². The van der Waals surface area contributed by atoms with E-state index in [4.69, 9.17) is 23.3 Å². The number of aliphatic carboxylic acids is 1. The number of rotatable bonds is 11. The third kappa shape index (κ3) is 8.92. The molecule has 24 heteroatoms. The van der Waals surface area contributed by atoms with Crippen LogP contribution in [0.15, 0.2) is 0 Å². The molecule has 2 fully saturated rings. The Morgan fingerprint density at radius 2 is 1.49 bits per heavy atom. The first kappa shape index (κ1) is 32.0. The molecule has 0 saturated carbocycles. The van der Waals surface area contributed by atoms with E-state index in [2.05, 4.69) is 13.1 Å². The number of carbonyl (C=O) groups is 1. The molecular formula is C13H23NO20S3. The van der Waals surface area contributed by atoms with E-state index in [0.717, 1.165) is 7.11 Å². The van der Waals surface area contributed by atoms with Crippen molar-refractivity contribution in [1.82, 2.24) is 4.72 Å². The third-order valence-corrected chi connectivity index (χ3v) is 6.39. The molecule has 21 nitrogen and oxygen atoms in total. The van der Waals surface area contributed by atoms with Gasteiger partial charge in [0.25, 0.3) is 0 Å². The van der Waals surface area contributed by atoms with Crippen LogP contribution in [0.3, 0.4) is 0 Å². The van der Waals surface area contributed by atoms with Crippen molar-refractivity contribution in [2.45, 2.75) is 61.3 Å². The minimum atomic E-state index is -5.38. The molecule has 2 aliphatic rings. The zero-order chi connectivity index (χ0) is 28.5. The summed E-state index contributed by atoms with van der Waals surface area (Å²) in [5.74, 6) is -1.94. The molecule has 8 N–H and O–H groups in total. The zero-order valence-corrected chi connectivity index (χ0v) is 20.6. The Labute approximate surface area is 208 Å². The smallest absolute Gasteiger partial charge is 0.397 e. The molecule has 218 valence electrons. The van der Waals surface area contributed by atoms with E-state index in [1.165, 1.54) is 4.72 Å². The van der Waals surface area contributed by atoms with Crippen LogP contribution in [-0.4, -0.2) is 140 Å². The summed E-state index contributed by atoms with van der Waals surface area (Å²) in [4.78, 5) is 11.6. The van der Waals surface area contributed by atoms with Crippen molar-refractivity contribution in [3.8, 4) is 0 Å². The molecular weight excluding hydrogens is 586 g/mol. The van der Waals surface area contributed by atoms with Crippen LogP contribution in [-0.2, 0) is 63.2 Å². The number of aliphatic hydroxyl groups excluding tert-OH is 3. The molecule has 0 aromatic carbocycles. The third-order valence-electron chi connectivity index (χ3n) is 4.92. The van der Waals surface area contributed by atoms with Gasteiger partial charge in [-0.1, -0.05) is 0 Å². The maximum absolute atomic E-state index is 11.6. The van der Waals surface area contributed by atoms with Gasteiger partial charge in [0.05, 0.1) is 6.61 Å². The summed E-state index contributed by atoms with van der Waals surface area (Å²) >= 11 is 0. The second kappa shape index (κ2) is 11.9. The van der Waals surface area contributed by atoms with Gasteiger partial charge < -0.3 is 39.4 Å². The zero-order valence-electron chi connectivity index (χ0n) is 18.1. The number of ether oxygens (including phenoxy) is 4. The van der Waals surface area contributed by atoms with E-state index in [1.807, 2.05) is 0 Å². The lowest BCUT2D eigenvalue weighted by molar-refractivity contribution is -0.333. The second-order valence-electron chi connectivity index (χ2n) is 7.43. The van der Waals surface area contributed by atoms with Crippen LogP contribution in [0.2, 0.25) is 0 Å². The van der Waals surface area contributed by atoms with Gasteiger partial charge in [-0.2, -0.15) is 30.0 Å². The molecule has 37 heavy (non-hydrogen) atoms. The van der Waals surface area contributed by atoms with Crippen molar-refractivity contribution < 1.29 is 91.4 Å². The summed E-state index contributed by atoms with van der Waals surface area (Å²) in [5.41, 5.74) is 0. The molecule has 2 rings (SSSR count). The Kier molecular flexibility index (Phi) is 10.3. The van der Waals surface area contributed by atoms with Crippen LogP contribution in [0.25, 0.3) is 0 Å². The molecule has 0 unspecified atom stereocenters. The quantitative estimate of drug-likeness (QED) is 0.101. The van der Waals surface area contributed by atoms with Gasteiger partial charge in [0.1, 0.15) is 36.6 Å². The molecule has 0 aliphatic carbocycles. The van der Waals surface area contributed by atoms with Crippen LogP contribution in [0.5, 0.6) is 0 Å². The summed E-state index contributed by atoms with van der Waals surface area (Å²) in [7, 11) is -14.7. The number of aliphatic hydroxyl groups is 3. The molecule has 2 heterocycles. The van der Waals surface area contributed by atoms with E-state index in [0.29, 0.717) is 0 Å². The molecule has 2 aliphatic heterocycles. The van der Waals surface area contributed by atoms with Crippen LogP contribution >= 0.6 is 0 Å². The average molecular weight is 610 g/mol. The molecule has 0 spiro atoms. The lowest BCUT2D eigenvalue weighted by Gasteiger charge is -2.46. The second-order valence-corrected chi connectivity index (χ2v) is 10.8. The summed E-state index contributed by atoms with van der Waals surface area (Å²) in [6, 6.07) is -2.10. The Hall–Kier alpha value is -1.20. The van der Waals surface area contributed by atoms with Crippen LogP contribution in [0.1, 0.15) is 0 Å². The number of methoxy groups -OCH3 is 1. The van der Waals surface area contributed by atoms with Crippen LogP contribution < -0.4 is 4.72 Å². The molecule has 10 atom stereocenters. The Bertz CT molecular complexity index is 1120. The summed E-state index contributed by atoms with van der Waals surface area (Å²) in [6.45, 7) is -1.11. The highest BCUT2D eigenvalue weighted by Gasteiger charge is 2.55. The number of hydrogen-bond donors (Lipinski definition) is 8. The largest absolute Gasteiger partial charge is 0.479 e. The van der Waals surface area contributed by atoms with Gasteiger partial charge in [0, 0.05) is 7.11 Å². The van der Waals surface area contributed by atoms with Crippen molar-refractivity contribution in [3.05, 3.63) is 0 Å². The molecule has 0 aromatic heterocycles. The average Bonchev–Trinajstić information content (AvgIpc) is 2.71. The van der Waals surface area contributed by atoms with Crippen LogP contribution in [0.4, 0.5) is 0 Å². The van der Waals surface area contributed by atoms with Crippen molar-refractivity contribution in [2.24, 2.45) is 0 Å². The molecule has 0 radical (unpaired) electrons. The predicted molar refractivity (Wildman–Crippen MR) is 107 cm³/mol. The first-order valence-electron chi connectivity index (χ1n) is 9.52. The van der Waals surface area contributed by atoms with E-state index in [1.54, 1.807) is 0 Å². The number of hydrogen-bond acceptors (Lipinski definition) is 16. The van der Waals surface area contributed by atoms with E-state index >= 15 is 0 Å². The minimum absolute atomic E-state index is 0.946. The first-order chi connectivity index (χ1) is 16.7. The summed E-state index contributed by atoms with van der Waals surface area (Å²) in [5, 5.41) is 40.3. The van der Waals surface area contributed by atoms with Gasteiger partial charge >= 0.3 is 37.1 Å². The van der Waals surface area contributed by atoms with E-state index in [9.17, 15) is 55.0 Å². The molecule has 0 bridgehead atoms. The fourth-order valence-corrected chi connectivity index (χ4v) is 4.89. The normalized spacial score (nSPS) is 37.8. The van der Waals surface area contributed by atoms with Gasteiger partial charge in [-0.15, -0.1) is 0 Å². The lowest BCUT2D eigenvalue weighted by Crippen LogP contribution is -2.68. The minimum Gasteiger partial charge on any atom is -0.479 e. The van der Waals surface area contributed by atoms with Crippen LogP contribution in [0, 0.1) is 0 Å². The highest BCUT2D eigenvalue weighted by molar-refractivity contribution is 7.83. The highest BCUT2D eigenvalue weighted by atomic mass is 32.3. The summed E-state index contributed by atoms with van der Waals surface area (Å²) < 4.78 is 123. The highest BCUT2D eigenvalue weighted by Crippen LogP contribution is 2.31. The monoisotopic (exact) mass is 609 g/mol. The van der Waals surface area contributed by atoms with Gasteiger partial charge in [-0.3, -0.25) is 13.7 Å². The standard InChI is InChI=1S/C13H23NO20S3/c1-29-7-3(2-30-36(23,24)25)31-13(4(5(7)15)14-35(20,21)22)33-8-6(16)9(34-37(26,27)28)12(19)32-10(8)11(17)18/h3-10,12-16,19H,2H2,1H3,(H,17,18)(H,20,21,22)(H,23,24,25)(H,26,27,28)/t3-,4-,5-,6+,7-,8+,9-,10-,12-,13-/m1/s1. The first-order valence-corrected chi connectivity index (χ1v) is 13.7. The van der Waals surface area contributed by atoms with Crippen molar-refractivity contribution in [1.29, 1.82) is 0 Å².